The second-order valence-corrected chi connectivity index (χ2v) is 3.74. The normalized spacial score (nSPS) is 13.8. The smallest absolute Gasteiger partial charge is 0.326 e. The molecule has 0 amide bonds. The Hall–Kier alpha value is -1.25. The Bertz CT molecular complexity index is 418. The van der Waals surface area contributed by atoms with Crippen molar-refractivity contribution in [3.63, 3.8) is 0 Å². The lowest BCUT2D eigenvalue weighted by molar-refractivity contribution is -0.335. The number of furan rings is 1. The molecule has 92 valence electrons. The van der Waals surface area contributed by atoms with Gasteiger partial charge >= 0.3 is 5.95 Å². The molecule has 1 atom stereocenters. The highest BCUT2D eigenvalue weighted by Crippen LogP contribution is 2.46. The highest BCUT2D eigenvalue weighted by Gasteiger charge is 2.20. The Labute approximate surface area is 88.4 Å². The fourth-order valence-electron chi connectivity index (χ4n) is 0.900. The molecule has 0 saturated carbocycles. The van der Waals surface area contributed by atoms with Gasteiger partial charge in [-0.3, -0.25) is 0 Å². The zero-order chi connectivity index (χ0) is 12.5. The van der Waals surface area contributed by atoms with E-state index >= 15 is 0 Å². The number of hydrogen-bond donors (Lipinski definition) is 3. The highest BCUT2D eigenvalue weighted by molar-refractivity contribution is 7.43. The second kappa shape index (κ2) is 4.32. The third-order valence-corrected chi connectivity index (χ3v) is 1.92. The summed E-state index contributed by atoms with van der Waals surface area (Å²) >= 11 is 0. The van der Waals surface area contributed by atoms with Crippen LogP contribution in [0.15, 0.2) is 4.42 Å². The van der Waals surface area contributed by atoms with Crippen molar-refractivity contribution < 1.29 is 43.7 Å². The number of phosphoric acid groups is 1. The van der Waals surface area contributed by atoms with Gasteiger partial charge in [0.1, 0.15) is 19.7 Å². The van der Waals surface area contributed by atoms with E-state index < -0.39 is 43.7 Å². The molecular formula is C6H6O9P-3. The maximum atomic E-state index is 11.2. The summed E-state index contributed by atoms with van der Waals surface area (Å²) in [4.78, 5) is 20.4. The Morgan fingerprint density at radius 2 is 2.06 bits per heavy atom. The van der Waals surface area contributed by atoms with E-state index in [0.717, 1.165) is 0 Å². The highest BCUT2D eigenvalue weighted by atomic mass is 31.2. The Morgan fingerprint density at radius 3 is 2.50 bits per heavy atom. The minimum Gasteiger partial charge on any atom is -0.867 e. The summed E-state index contributed by atoms with van der Waals surface area (Å²) in [5, 5.41) is 37.7. The maximum Gasteiger partial charge on any atom is 0.326 e. The molecule has 16 heavy (non-hydrogen) atoms. The lowest BCUT2D eigenvalue weighted by Gasteiger charge is -2.29. The first-order valence-electron chi connectivity index (χ1n) is 3.79. The van der Waals surface area contributed by atoms with Crippen LogP contribution in [0.3, 0.4) is 0 Å². The molecule has 0 saturated heterocycles. The maximum absolute atomic E-state index is 11.2. The molecule has 9 nitrogen and oxygen atoms in total. The average molecular weight is 253 g/mol. The molecule has 1 rings (SSSR count). The van der Waals surface area contributed by atoms with Crippen LogP contribution in [0.5, 0.6) is 17.4 Å². The summed E-state index contributed by atoms with van der Waals surface area (Å²) in [5.74, 6) is -4.66. The van der Waals surface area contributed by atoms with Crippen molar-refractivity contribution in [2.75, 3.05) is 6.61 Å². The van der Waals surface area contributed by atoms with Crippen LogP contribution in [0.2, 0.25) is 0 Å². The van der Waals surface area contributed by atoms with Gasteiger partial charge in [0.2, 0.25) is 5.75 Å². The molecule has 0 bridgehead atoms. The number of aromatic hydroxyl groups is 1. The summed E-state index contributed by atoms with van der Waals surface area (Å²) in [6.45, 7) is -0.895. The topological polar surface area (TPSA) is 169 Å². The standard InChI is InChI=1S/C6H9O9P/c7-1-2(8)4-3(9)5(6(10)14-4)15-16(11,12)13/h2,7-10H,1H2,(H2,11,12,13)/p-3. The van der Waals surface area contributed by atoms with E-state index in [1.165, 1.54) is 0 Å². The number of phosphoric ester groups is 1. The van der Waals surface area contributed by atoms with E-state index in [-0.39, 0.29) is 0 Å². The molecule has 0 fully saturated rings. The number of aliphatic hydroxyl groups is 2. The molecule has 3 N–H and O–H groups in total. The first kappa shape index (κ1) is 12.8. The minimum absolute atomic E-state index is 0.830. The predicted molar refractivity (Wildman–Crippen MR) is 40.1 cm³/mol. The van der Waals surface area contributed by atoms with Crippen molar-refractivity contribution in [1.82, 2.24) is 0 Å². The molecule has 1 heterocycles. The summed E-state index contributed by atoms with van der Waals surface area (Å²) in [7, 11) is -5.53. The third kappa shape index (κ3) is 2.65. The first-order valence-corrected chi connectivity index (χ1v) is 5.25. The summed E-state index contributed by atoms with van der Waals surface area (Å²) in [5.41, 5.74) is 0. The van der Waals surface area contributed by atoms with E-state index in [4.69, 9.17) is 15.3 Å². The van der Waals surface area contributed by atoms with E-state index in [0.29, 0.717) is 0 Å². The minimum atomic E-state index is -5.53. The molecule has 10 heteroatoms. The molecule has 1 unspecified atom stereocenters. The van der Waals surface area contributed by atoms with Gasteiger partial charge in [0.15, 0.2) is 0 Å². The zero-order valence-corrected chi connectivity index (χ0v) is 8.42. The third-order valence-electron chi connectivity index (χ3n) is 1.51. The van der Waals surface area contributed by atoms with Crippen LogP contribution in [-0.4, -0.2) is 21.9 Å². The summed E-state index contributed by atoms with van der Waals surface area (Å²) in [6, 6.07) is 0. The molecule has 0 aliphatic carbocycles. The van der Waals surface area contributed by atoms with E-state index in [2.05, 4.69) is 8.94 Å². The van der Waals surface area contributed by atoms with Gasteiger partial charge in [-0.1, -0.05) is 0 Å². The Balaban J connectivity index is 3.12. The van der Waals surface area contributed by atoms with Gasteiger partial charge in [0.05, 0.1) is 6.61 Å². The lowest BCUT2D eigenvalue weighted by atomic mass is 10.2. The molecule has 1 aromatic rings. The first-order chi connectivity index (χ1) is 7.26. The number of hydrogen-bond acceptors (Lipinski definition) is 9. The van der Waals surface area contributed by atoms with Crippen molar-refractivity contribution in [2.45, 2.75) is 6.10 Å². The van der Waals surface area contributed by atoms with E-state index in [1.807, 2.05) is 0 Å². The molecule has 0 aromatic carbocycles. The largest absolute Gasteiger partial charge is 0.867 e. The fraction of sp³-hybridized carbons (Fsp3) is 0.333. The summed E-state index contributed by atoms with van der Waals surface area (Å²) in [6.07, 6.45) is -1.76. The Morgan fingerprint density at radius 1 is 1.50 bits per heavy atom. The van der Waals surface area contributed by atoms with Crippen LogP contribution in [0, 0.1) is 0 Å². The molecule has 0 spiro atoms. The Kier molecular flexibility index (Phi) is 3.46. The molecule has 0 aliphatic rings. The van der Waals surface area contributed by atoms with Crippen LogP contribution in [0.25, 0.3) is 0 Å². The molecular weight excluding hydrogens is 247 g/mol. The monoisotopic (exact) mass is 253 g/mol. The van der Waals surface area contributed by atoms with Crippen LogP contribution in [0.4, 0.5) is 0 Å². The van der Waals surface area contributed by atoms with Gasteiger partial charge in [-0.2, -0.15) is 0 Å². The predicted octanol–water partition coefficient (Wildman–Crippen LogP) is -2.71. The second-order valence-electron chi connectivity index (χ2n) is 2.67. The van der Waals surface area contributed by atoms with Gasteiger partial charge < -0.3 is 43.7 Å². The lowest BCUT2D eigenvalue weighted by Crippen LogP contribution is -2.19. The summed E-state index contributed by atoms with van der Waals surface area (Å²) < 4.78 is 18.1. The zero-order valence-electron chi connectivity index (χ0n) is 7.52. The van der Waals surface area contributed by atoms with Gasteiger partial charge in [0, 0.05) is 0 Å². The van der Waals surface area contributed by atoms with Gasteiger partial charge in [-0.15, -0.1) is 0 Å². The van der Waals surface area contributed by atoms with Gasteiger partial charge in [0.25, 0.3) is 0 Å². The van der Waals surface area contributed by atoms with Crippen molar-refractivity contribution in [3.05, 3.63) is 5.76 Å². The van der Waals surface area contributed by atoms with Crippen molar-refractivity contribution in [3.8, 4) is 17.4 Å². The van der Waals surface area contributed by atoms with Crippen molar-refractivity contribution in [2.24, 2.45) is 0 Å². The van der Waals surface area contributed by atoms with Crippen molar-refractivity contribution in [1.29, 1.82) is 0 Å². The number of rotatable bonds is 4. The average Bonchev–Trinajstić information content (AvgIpc) is 2.42. The van der Waals surface area contributed by atoms with Crippen LogP contribution < -0.4 is 19.4 Å². The van der Waals surface area contributed by atoms with Crippen LogP contribution in [-0.2, 0) is 4.57 Å². The molecule has 0 aliphatic heterocycles. The van der Waals surface area contributed by atoms with Gasteiger partial charge in [-0.05, 0) is 5.75 Å². The van der Waals surface area contributed by atoms with Crippen LogP contribution >= 0.6 is 7.82 Å². The number of aliphatic hydroxyl groups excluding tert-OH is 2. The van der Waals surface area contributed by atoms with Crippen molar-refractivity contribution >= 4 is 7.82 Å². The van der Waals surface area contributed by atoms with E-state index in [9.17, 15) is 19.5 Å². The quantitative estimate of drug-likeness (QED) is 0.482. The fourth-order valence-corrected chi connectivity index (χ4v) is 1.29. The SMILES string of the molecule is O=P([O-])([O-])Oc1c(O)oc(C(O)CO)c1[O-]. The van der Waals surface area contributed by atoms with E-state index in [1.54, 1.807) is 0 Å². The molecule has 0 radical (unpaired) electrons. The molecule has 1 aromatic heterocycles. The van der Waals surface area contributed by atoms with Crippen LogP contribution in [0.1, 0.15) is 11.9 Å². The van der Waals surface area contributed by atoms with Gasteiger partial charge in [-0.25, -0.2) is 0 Å².